The molecule has 1 saturated heterocycles. The molecule has 26 heavy (non-hydrogen) atoms. The number of aromatic amines is 1. The van der Waals surface area contributed by atoms with Crippen LogP contribution in [0, 0.1) is 0 Å². The Kier molecular flexibility index (Phi) is 5.03. The minimum atomic E-state index is 0.303. The summed E-state index contributed by atoms with van der Waals surface area (Å²) >= 11 is 0. The van der Waals surface area contributed by atoms with Gasteiger partial charge in [-0.2, -0.15) is 0 Å². The summed E-state index contributed by atoms with van der Waals surface area (Å²) in [5, 5.41) is 5.03. The van der Waals surface area contributed by atoms with Crippen molar-refractivity contribution in [1.29, 1.82) is 0 Å². The van der Waals surface area contributed by atoms with Gasteiger partial charge in [0.25, 0.3) is 0 Å². The number of carbonyl (C=O) groups excluding carboxylic acids is 1. The fourth-order valence-corrected chi connectivity index (χ4v) is 5.12. The summed E-state index contributed by atoms with van der Waals surface area (Å²) in [5.41, 5.74) is 2.72. The zero-order chi connectivity index (χ0) is 18.0. The highest BCUT2D eigenvalue weighted by atomic mass is 16.2. The zero-order valence-electron chi connectivity index (χ0n) is 15.9. The fraction of sp³-hybridized carbons (Fsp3) is 0.591. The second kappa shape index (κ2) is 7.43. The van der Waals surface area contributed by atoms with Gasteiger partial charge in [-0.05, 0) is 44.2 Å². The van der Waals surface area contributed by atoms with Gasteiger partial charge in [0.2, 0.25) is 5.91 Å². The molecule has 140 valence electrons. The van der Waals surface area contributed by atoms with E-state index >= 15 is 0 Å². The molecule has 0 radical (unpaired) electrons. The van der Waals surface area contributed by atoms with E-state index < -0.39 is 0 Å². The molecule has 4 heteroatoms. The van der Waals surface area contributed by atoms with Crippen LogP contribution in [-0.2, 0) is 11.2 Å². The van der Waals surface area contributed by atoms with Gasteiger partial charge in [0.15, 0.2) is 0 Å². The number of fused-ring (bicyclic) bond motifs is 1. The second-order valence-electron chi connectivity index (χ2n) is 8.12. The van der Waals surface area contributed by atoms with Crippen LogP contribution in [0.15, 0.2) is 30.5 Å². The summed E-state index contributed by atoms with van der Waals surface area (Å²) in [6.07, 6.45) is 11.2. The van der Waals surface area contributed by atoms with Gasteiger partial charge in [0.05, 0.1) is 0 Å². The van der Waals surface area contributed by atoms with E-state index in [9.17, 15) is 4.79 Å². The molecule has 2 N–H and O–H groups in total. The number of hydrogen-bond donors (Lipinski definition) is 2. The predicted octanol–water partition coefficient (Wildman–Crippen LogP) is 4.01. The lowest BCUT2D eigenvalue weighted by Crippen LogP contribution is -2.42. The molecule has 2 fully saturated rings. The Morgan fingerprint density at radius 2 is 2.04 bits per heavy atom. The minimum absolute atomic E-state index is 0.303. The number of aryl methyl sites for hydroxylation is 1. The van der Waals surface area contributed by atoms with Crippen LogP contribution in [0.4, 0.5) is 0 Å². The minimum Gasteiger partial charge on any atom is -0.361 e. The lowest BCUT2D eigenvalue weighted by Gasteiger charge is -2.35. The molecule has 2 aliphatic rings. The second-order valence-corrected chi connectivity index (χ2v) is 8.12. The molecule has 1 unspecified atom stereocenters. The number of benzene rings is 1. The predicted molar refractivity (Wildman–Crippen MR) is 106 cm³/mol. The van der Waals surface area contributed by atoms with E-state index in [1.165, 1.54) is 43.1 Å². The van der Waals surface area contributed by atoms with Crippen LogP contribution in [-0.4, -0.2) is 40.5 Å². The number of likely N-dealkylation sites (N-methyl/N-ethyl adjacent to an activating group) is 1. The van der Waals surface area contributed by atoms with Gasteiger partial charge in [-0.25, -0.2) is 0 Å². The van der Waals surface area contributed by atoms with Crippen molar-refractivity contribution in [3.05, 3.63) is 36.0 Å². The maximum atomic E-state index is 13.0. The quantitative estimate of drug-likeness (QED) is 0.853. The first-order valence-electron chi connectivity index (χ1n) is 10.3. The van der Waals surface area contributed by atoms with Crippen molar-refractivity contribution in [3.63, 3.8) is 0 Å². The third kappa shape index (κ3) is 3.39. The van der Waals surface area contributed by atoms with Crippen LogP contribution in [0.2, 0.25) is 0 Å². The van der Waals surface area contributed by atoms with Crippen LogP contribution >= 0.6 is 0 Å². The summed E-state index contributed by atoms with van der Waals surface area (Å²) in [6.45, 7) is 3.90. The van der Waals surface area contributed by atoms with Crippen LogP contribution < -0.4 is 5.32 Å². The van der Waals surface area contributed by atoms with Crippen molar-refractivity contribution >= 4 is 16.8 Å². The highest BCUT2D eigenvalue weighted by Gasteiger charge is 2.41. The Bertz CT molecular complexity index is 760. The number of carbonyl (C=O) groups is 1. The number of nitrogens with zero attached hydrogens (tertiary/aromatic N) is 1. The number of para-hydroxylation sites is 1. The number of amides is 1. The third-order valence-electron chi connectivity index (χ3n) is 6.53. The van der Waals surface area contributed by atoms with Gasteiger partial charge < -0.3 is 15.2 Å². The van der Waals surface area contributed by atoms with Gasteiger partial charge in [-0.1, -0.05) is 37.5 Å². The Balaban J connectivity index is 1.38. The number of nitrogens with one attached hydrogen (secondary N) is 2. The van der Waals surface area contributed by atoms with Crippen molar-refractivity contribution in [2.45, 2.75) is 69.9 Å². The maximum absolute atomic E-state index is 13.0. The van der Waals surface area contributed by atoms with Crippen molar-refractivity contribution < 1.29 is 4.79 Å². The Hall–Kier alpha value is -1.81. The van der Waals surface area contributed by atoms with Crippen LogP contribution in [0.25, 0.3) is 10.9 Å². The molecule has 1 aliphatic carbocycles. The smallest absolute Gasteiger partial charge is 0.223 e. The molecule has 1 aliphatic heterocycles. The summed E-state index contributed by atoms with van der Waals surface area (Å²) in [6, 6.07) is 8.70. The first-order valence-corrected chi connectivity index (χ1v) is 10.3. The molecule has 2 heterocycles. The van der Waals surface area contributed by atoms with E-state index in [1.54, 1.807) is 0 Å². The maximum Gasteiger partial charge on any atom is 0.223 e. The molecule has 4 rings (SSSR count). The van der Waals surface area contributed by atoms with Crippen LogP contribution in [0.3, 0.4) is 0 Å². The fourth-order valence-electron chi connectivity index (χ4n) is 5.12. The monoisotopic (exact) mass is 353 g/mol. The van der Waals surface area contributed by atoms with Crippen LogP contribution in [0.5, 0.6) is 0 Å². The van der Waals surface area contributed by atoms with Crippen LogP contribution in [0.1, 0.15) is 57.4 Å². The normalized spacial score (nSPS) is 22.1. The number of aromatic nitrogens is 1. The van der Waals surface area contributed by atoms with E-state index in [0.717, 1.165) is 31.4 Å². The number of hydrogen-bond acceptors (Lipinski definition) is 2. The van der Waals surface area contributed by atoms with Crippen molar-refractivity contribution in [1.82, 2.24) is 15.2 Å². The van der Waals surface area contributed by atoms with Crippen molar-refractivity contribution in [2.75, 3.05) is 13.1 Å². The Morgan fingerprint density at radius 3 is 2.85 bits per heavy atom. The van der Waals surface area contributed by atoms with Crippen molar-refractivity contribution in [2.24, 2.45) is 0 Å². The lowest BCUT2D eigenvalue weighted by atomic mass is 9.80. The number of H-pyrrole nitrogens is 1. The highest BCUT2D eigenvalue weighted by molar-refractivity contribution is 5.84. The summed E-state index contributed by atoms with van der Waals surface area (Å²) in [4.78, 5) is 18.4. The zero-order valence-corrected chi connectivity index (χ0v) is 15.9. The first-order chi connectivity index (χ1) is 12.7. The van der Waals surface area contributed by atoms with E-state index in [-0.39, 0.29) is 0 Å². The lowest BCUT2D eigenvalue weighted by molar-refractivity contribution is -0.133. The molecule has 0 bridgehead atoms. The summed E-state index contributed by atoms with van der Waals surface area (Å²) in [7, 11) is 0. The van der Waals surface area contributed by atoms with Crippen molar-refractivity contribution in [3.8, 4) is 0 Å². The molecule has 1 amide bonds. The molecular weight excluding hydrogens is 322 g/mol. The standard InChI is InChI=1S/C22H31N3O/c1-2-25(18-14-22(24-16-18)12-6-3-7-13-22)21(26)11-10-17-15-23-20-9-5-4-8-19(17)20/h4-5,8-9,15,18,23-24H,2-3,6-7,10-14,16H2,1H3. The summed E-state index contributed by atoms with van der Waals surface area (Å²) < 4.78 is 0. The van der Waals surface area contributed by atoms with Gasteiger partial charge >= 0.3 is 0 Å². The van der Waals surface area contributed by atoms with Gasteiger partial charge in [0.1, 0.15) is 0 Å². The SMILES string of the molecule is CCN(C(=O)CCc1c[nH]c2ccccc12)C1CNC2(CCCCC2)C1. The van der Waals surface area contributed by atoms with Gasteiger partial charge in [-0.3, -0.25) is 4.79 Å². The molecule has 1 spiro atoms. The average Bonchev–Trinajstić information content (AvgIpc) is 3.26. The molecule has 1 aromatic heterocycles. The molecule has 4 nitrogen and oxygen atoms in total. The first kappa shape index (κ1) is 17.6. The highest BCUT2D eigenvalue weighted by Crippen LogP contribution is 2.36. The Labute approximate surface area is 156 Å². The van der Waals surface area contributed by atoms with E-state index in [4.69, 9.17) is 0 Å². The van der Waals surface area contributed by atoms with Gasteiger partial charge in [0, 0.05) is 48.2 Å². The molecular formula is C22H31N3O. The molecule has 1 atom stereocenters. The Morgan fingerprint density at radius 1 is 1.23 bits per heavy atom. The largest absolute Gasteiger partial charge is 0.361 e. The van der Waals surface area contributed by atoms with Gasteiger partial charge in [-0.15, -0.1) is 0 Å². The van der Waals surface area contributed by atoms with E-state index in [2.05, 4.69) is 46.5 Å². The molecule has 1 saturated carbocycles. The van der Waals surface area contributed by atoms with E-state index in [0.29, 0.717) is 23.9 Å². The topological polar surface area (TPSA) is 48.1 Å². The molecule has 2 aromatic rings. The third-order valence-corrected chi connectivity index (χ3v) is 6.53. The summed E-state index contributed by atoms with van der Waals surface area (Å²) in [5.74, 6) is 0.303. The number of rotatable bonds is 5. The van der Waals surface area contributed by atoms with E-state index in [1.807, 2.05) is 6.07 Å². The average molecular weight is 354 g/mol. The molecule has 1 aromatic carbocycles.